The van der Waals surface area contributed by atoms with E-state index in [2.05, 4.69) is 4.74 Å². The molecule has 0 amide bonds. The molecule has 1 nitrogen and oxygen atoms in total. The minimum atomic E-state index is -5.45. The van der Waals surface area contributed by atoms with E-state index in [1.807, 2.05) is 0 Å². The first-order chi connectivity index (χ1) is 8.09. The molecule has 3 fully saturated rings. The molecule has 18 heavy (non-hydrogen) atoms. The molecule has 0 radical (unpaired) electrons. The smallest absolute Gasteiger partial charge is 0.354 e. The molecule has 1 heterocycles. The van der Waals surface area contributed by atoms with Crippen LogP contribution in [0, 0.1) is 17.8 Å². The fourth-order valence-corrected chi connectivity index (χ4v) is 4.32. The summed E-state index contributed by atoms with van der Waals surface area (Å²) in [5.41, 5.74) is -4.00. The van der Waals surface area contributed by atoms with E-state index >= 15 is 0 Å². The van der Waals surface area contributed by atoms with Gasteiger partial charge in [0.25, 0.3) is 5.60 Å². The van der Waals surface area contributed by atoms with Crippen molar-refractivity contribution >= 4 is 11.6 Å². The van der Waals surface area contributed by atoms with Gasteiger partial charge >= 0.3 is 12.4 Å². The molecule has 0 aromatic carbocycles. The van der Waals surface area contributed by atoms with Crippen molar-refractivity contribution in [3.63, 3.8) is 0 Å². The summed E-state index contributed by atoms with van der Waals surface area (Å²) in [6, 6.07) is 0. The molecule has 5 atom stereocenters. The van der Waals surface area contributed by atoms with E-state index < -0.39 is 41.3 Å². The average molecular weight is 295 g/mol. The lowest BCUT2D eigenvalue weighted by Crippen LogP contribution is -2.76. The highest BCUT2D eigenvalue weighted by Gasteiger charge is 2.86. The zero-order chi connectivity index (χ0) is 13.5. The Morgan fingerprint density at radius 2 is 1.56 bits per heavy atom. The lowest BCUT2D eigenvalue weighted by Gasteiger charge is -2.57. The average Bonchev–Trinajstić information content (AvgIpc) is 2.51. The van der Waals surface area contributed by atoms with Crippen LogP contribution in [0.5, 0.6) is 0 Å². The highest BCUT2D eigenvalue weighted by molar-refractivity contribution is 6.21. The normalized spacial score (nSPS) is 45.8. The van der Waals surface area contributed by atoms with Crippen molar-refractivity contribution in [3.05, 3.63) is 0 Å². The number of fused-ring (bicyclic) bond motifs is 5. The maximum Gasteiger partial charge on any atom is 0.426 e. The predicted molar refractivity (Wildman–Crippen MR) is 49.1 cm³/mol. The summed E-state index contributed by atoms with van der Waals surface area (Å²) in [5.74, 6) is -2.59. The molecule has 0 spiro atoms. The van der Waals surface area contributed by atoms with Crippen LogP contribution in [-0.4, -0.2) is 29.4 Å². The van der Waals surface area contributed by atoms with Gasteiger partial charge < -0.3 is 4.74 Å². The van der Waals surface area contributed by atoms with Crippen molar-refractivity contribution in [2.24, 2.45) is 17.8 Å². The van der Waals surface area contributed by atoms with Crippen LogP contribution in [0.2, 0.25) is 0 Å². The van der Waals surface area contributed by atoms with Crippen molar-refractivity contribution in [1.82, 2.24) is 0 Å². The molecule has 1 aliphatic heterocycles. The number of hydrogen-bond acceptors (Lipinski definition) is 1. The Hall–Kier alpha value is -0.170. The summed E-state index contributed by atoms with van der Waals surface area (Å²) >= 11 is 5.84. The Balaban J connectivity index is 2.01. The molecule has 2 bridgehead atoms. The van der Waals surface area contributed by atoms with Gasteiger partial charge in [0.1, 0.15) is 0 Å². The van der Waals surface area contributed by atoms with Crippen LogP contribution in [-0.2, 0) is 4.74 Å². The monoisotopic (exact) mass is 294 g/mol. The van der Waals surface area contributed by atoms with Crippen LogP contribution in [0.3, 0.4) is 0 Å². The van der Waals surface area contributed by atoms with E-state index in [9.17, 15) is 26.3 Å². The molecule has 104 valence electrons. The van der Waals surface area contributed by atoms with Gasteiger partial charge in [0.2, 0.25) is 0 Å². The van der Waals surface area contributed by atoms with Crippen molar-refractivity contribution in [1.29, 1.82) is 0 Å². The molecule has 3 aliphatic rings. The lowest BCUT2D eigenvalue weighted by atomic mass is 9.68. The van der Waals surface area contributed by atoms with Crippen LogP contribution in [0.15, 0.2) is 0 Å². The van der Waals surface area contributed by atoms with Gasteiger partial charge in [0, 0.05) is 11.3 Å². The zero-order valence-corrected chi connectivity index (χ0v) is 9.61. The summed E-state index contributed by atoms with van der Waals surface area (Å²) in [7, 11) is 0. The molecule has 1 saturated heterocycles. The van der Waals surface area contributed by atoms with Gasteiger partial charge in [-0.05, 0) is 24.7 Å². The molecule has 3 unspecified atom stereocenters. The molecule has 8 heteroatoms. The van der Waals surface area contributed by atoms with Crippen molar-refractivity contribution in [2.75, 3.05) is 0 Å². The van der Waals surface area contributed by atoms with Gasteiger partial charge in [-0.3, -0.25) is 0 Å². The second-order valence-corrected chi connectivity index (χ2v) is 5.81. The highest BCUT2D eigenvalue weighted by atomic mass is 35.5. The fourth-order valence-electron chi connectivity index (χ4n) is 3.83. The van der Waals surface area contributed by atoms with Crippen molar-refractivity contribution < 1.29 is 31.1 Å². The number of rotatable bonds is 0. The fraction of sp³-hybridized carbons (Fsp3) is 1.00. The molecule has 0 aromatic rings. The SMILES string of the molecule is FC(F)(F)C1(C(F)(F)F)OC2C1[C@H]1C[C@@H]2CC1Cl. The van der Waals surface area contributed by atoms with Crippen LogP contribution >= 0.6 is 11.6 Å². The van der Waals surface area contributed by atoms with E-state index in [0.717, 1.165) is 0 Å². The van der Waals surface area contributed by atoms with Crippen molar-refractivity contribution in [3.8, 4) is 0 Å². The largest absolute Gasteiger partial charge is 0.426 e. The van der Waals surface area contributed by atoms with E-state index in [4.69, 9.17) is 11.6 Å². The van der Waals surface area contributed by atoms with Gasteiger partial charge in [0.15, 0.2) is 0 Å². The molecule has 0 N–H and O–H groups in total. The first-order valence-corrected chi connectivity index (χ1v) is 5.98. The Kier molecular flexibility index (Phi) is 2.34. The Morgan fingerprint density at radius 3 is 2.06 bits per heavy atom. The predicted octanol–water partition coefficient (Wildman–Crippen LogP) is 3.51. The number of alkyl halides is 7. The molecular weight excluding hydrogens is 286 g/mol. The summed E-state index contributed by atoms with van der Waals surface area (Å²) in [4.78, 5) is 0. The number of hydrogen-bond donors (Lipinski definition) is 0. The zero-order valence-electron chi connectivity index (χ0n) is 8.85. The molecule has 2 aliphatic carbocycles. The third-order valence-electron chi connectivity index (χ3n) is 4.48. The van der Waals surface area contributed by atoms with E-state index in [1.54, 1.807) is 0 Å². The van der Waals surface area contributed by atoms with E-state index in [1.165, 1.54) is 0 Å². The summed E-state index contributed by atoms with van der Waals surface area (Å²) < 4.78 is 81.5. The summed E-state index contributed by atoms with van der Waals surface area (Å²) in [6.45, 7) is 0. The molecule has 0 aromatic heterocycles. The quantitative estimate of drug-likeness (QED) is 0.491. The highest BCUT2D eigenvalue weighted by Crippen LogP contribution is 2.69. The van der Waals surface area contributed by atoms with E-state index in [0.29, 0.717) is 12.8 Å². The Bertz CT molecular complexity index is 364. The van der Waals surface area contributed by atoms with Crippen LogP contribution < -0.4 is 0 Å². The molecule has 3 rings (SSSR count). The minimum absolute atomic E-state index is 0.264. The van der Waals surface area contributed by atoms with Gasteiger partial charge in [-0.1, -0.05) is 0 Å². The number of ether oxygens (including phenoxy) is 1. The third-order valence-corrected chi connectivity index (χ3v) is 4.98. The van der Waals surface area contributed by atoms with Gasteiger partial charge in [-0.2, -0.15) is 26.3 Å². The van der Waals surface area contributed by atoms with E-state index in [-0.39, 0.29) is 5.92 Å². The third kappa shape index (κ3) is 1.25. The maximum atomic E-state index is 12.9. The van der Waals surface area contributed by atoms with Crippen LogP contribution in [0.4, 0.5) is 26.3 Å². The van der Waals surface area contributed by atoms with Crippen LogP contribution in [0.1, 0.15) is 12.8 Å². The first kappa shape index (κ1) is 12.8. The van der Waals surface area contributed by atoms with Gasteiger partial charge in [0.05, 0.1) is 6.10 Å². The Morgan fingerprint density at radius 1 is 1.00 bits per heavy atom. The summed E-state index contributed by atoms with van der Waals surface area (Å²) in [5, 5.41) is -0.607. The second-order valence-electron chi connectivity index (χ2n) is 5.25. The van der Waals surface area contributed by atoms with Gasteiger partial charge in [-0.15, -0.1) is 11.6 Å². The second kappa shape index (κ2) is 3.29. The van der Waals surface area contributed by atoms with Gasteiger partial charge in [-0.25, -0.2) is 0 Å². The molecule has 2 saturated carbocycles. The summed E-state index contributed by atoms with van der Waals surface area (Å²) in [6.07, 6.45) is -11.1. The minimum Gasteiger partial charge on any atom is -0.354 e. The lowest BCUT2D eigenvalue weighted by molar-refractivity contribution is -0.470. The van der Waals surface area contributed by atoms with Crippen LogP contribution in [0.25, 0.3) is 0 Å². The van der Waals surface area contributed by atoms with Crippen molar-refractivity contribution in [2.45, 2.75) is 42.3 Å². The number of halogens is 7. The first-order valence-electron chi connectivity index (χ1n) is 5.55. The topological polar surface area (TPSA) is 9.23 Å². The maximum absolute atomic E-state index is 12.9. The standard InChI is InChI=1S/C10H9ClF6O/c11-5-2-3-1-4(5)6-7(3)18-8(6,9(12,13)14)10(15,16)17/h3-7H,1-2H2/t3-,4+,5?,6?,7?/m1/s1. The Labute approximate surface area is 103 Å². The molecular formula is C10H9ClF6O.